The van der Waals surface area contributed by atoms with Gasteiger partial charge in [-0.2, -0.15) is 0 Å². The lowest BCUT2D eigenvalue weighted by atomic mass is 10.1. The average molecular weight is 826 g/mol. The summed E-state index contributed by atoms with van der Waals surface area (Å²) in [5.74, 6) is 1.94. The van der Waals surface area contributed by atoms with E-state index < -0.39 is 0 Å². The molecule has 2 aromatic carbocycles. The Bertz CT molecular complexity index is 2190. The largest absolute Gasteiger partial charge is 0.508 e. The van der Waals surface area contributed by atoms with Gasteiger partial charge in [-0.25, -0.2) is 9.97 Å². The number of H-pyrrole nitrogens is 2. The number of halogens is 1. The summed E-state index contributed by atoms with van der Waals surface area (Å²) in [5.41, 5.74) is 4.27. The van der Waals surface area contributed by atoms with E-state index in [9.17, 15) is 14.7 Å². The van der Waals surface area contributed by atoms with Gasteiger partial charge in [-0.3, -0.25) is 9.59 Å². The fourth-order valence-corrected chi connectivity index (χ4v) is 7.22. The number of pyridine rings is 2. The normalized spacial score (nSPS) is 12.4. The number of thiazole rings is 2. The molecule has 4 aromatic heterocycles. The Labute approximate surface area is 326 Å². The van der Waals surface area contributed by atoms with Crippen molar-refractivity contribution in [1.82, 2.24) is 19.9 Å². The maximum atomic E-state index is 12.5. The number of fused-ring (bicyclic) bond motifs is 2. The minimum Gasteiger partial charge on any atom is -0.508 e. The van der Waals surface area contributed by atoms with Gasteiger partial charge in [0.15, 0.2) is 10.9 Å². The fraction of sp³-hybridized carbons (Fsp3) is 0.400. The van der Waals surface area contributed by atoms with Crippen LogP contribution in [0.25, 0.3) is 44.6 Å². The van der Waals surface area contributed by atoms with E-state index in [4.69, 9.17) is 14.2 Å². The summed E-state index contributed by atoms with van der Waals surface area (Å²) >= 11 is 6.48. The Balaban J connectivity index is 0.000000209. The maximum Gasteiger partial charge on any atom is 0.190 e. The number of aromatic hydroxyl groups is 1. The predicted octanol–water partition coefficient (Wildman–Crippen LogP) is 9.24. The summed E-state index contributed by atoms with van der Waals surface area (Å²) in [6, 6.07) is 13.3. The van der Waals surface area contributed by atoms with Gasteiger partial charge in [0.2, 0.25) is 0 Å². The molecule has 0 aliphatic carbocycles. The van der Waals surface area contributed by atoms with Crippen LogP contribution in [0.5, 0.6) is 11.5 Å². The van der Waals surface area contributed by atoms with Crippen molar-refractivity contribution in [2.45, 2.75) is 66.6 Å². The van der Waals surface area contributed by atoms with E-state index in [2.05, 4.69) is 63.6 Å². The Hall–Kier alpha value is -3.88. The van der Waals surface area contributed by atoms with Crippen LogP contribution < -0.4 is 15.6 Å². The van der Waals surface area contributed by atoms with Crippen LogP contribution in [-0.4, -0.2) is 63.4 Å². The molecule has 0 spiro atoms. The molecule has 2 unspecified atom stereocenters. The predicted molar refractivity (Wildman–Crippen MR) is 222 cm³/mol. The highest BCUT2D eigenvalue weighted by molar-refractivity contribution is 9.09. The van der Waals surface area contributed by atoms with E-state index in [0.717, 1.165) is 50.8 Å². The van der Waals surface area contributed by atoms with Crippen LogP contribution in [-0.2, 0) is 22.3 Å². The molecule has 0 aliphatic rings. The van der Waals surface area contributed by atoms with Crippen LogP contribution in [0.4, 0.5) is 0 Å². The topological polar surface area (TPSA) is 139 Å². The molecule has 6 aromatic rings. The van der Waals surface area contributed by atoms with Gasteiger partial charge < -0.3 is 29.3 Å². The van der Waals surface area contributed by atoms with Crippen molar-refractivity contribution in [3.8, 4) is 34.3 Å². The molecular weight excluding hydrogens is 776 g/mol. The first-order valence-electron chi connectivity index (χ1n) is 17.5. The molecule has 13 heteroatoms. The minimum atomic E-state index is -0.0721. The van der Waals surface area contributed by atoms with Gasteiger partial charge in [0.05, 0.1) is 56.0 Å². The van der Waals surface area contributed by atoms with Crippen LogP contribution in [0.2, 0.25) is 0 Å². The molecule has 4 heterocycles. The number of nitrogens with zero attached hydrogens (tertiary/aromatic N) is 2. The first kappa shape index (κ1) is 41.9. The Morgan fingerprint density at radius 2 is 1.21 bits per heavy atom. The van der Waals surface area contributed by atoms with E-state index in [0.29, 0.717) is 52.3 Å². The number of benzene rings is 2. The lowest BCUT2D eigenvalue weighted by Crippen LogP contribution is -2.16. The standard InChI is InChI=1S/C20H24N2O3S.C16H16N2O2S.C4H9BrO/c1-12(2)7-20-22-18(11-26-20)17-9-19(23)15-6-5-14(8-16(15)21-17)25-10-13(3)24-4;1-9(2)5-16-18-14(8-21-16)13-7-15(20)11-4-3-10(19)6-12(11)17-13;1-4(3-5)6-2/h5-6,8-9,11-13H,7,10H2,1-4H3,(H,21,23);3-4,6-9,19H,5H2,1-2H3,(H,17,20);4H,3H2,1-2H3. The van der Waals surface area contributed by atoms with Crippen molar-refractivity contribution >= 4 is 60.4 Å². The molecule has 0 radical (unpaired) electrons. The number of rotatable bonds is 12. The summed E-state index contributed by atoms with van der Waals surface area (Å²) in [4.78, 5) is 40.4. The molecule has 0 bridgehead atoms. The molecule has 284 valence electrons. The number of ether oxygens (including phenoxy) is 3. The van der Waals surface area contributed by atoms with Gasteiger partial charge in [-0.05, 0) is 49.9 Å². The van der Waals surface area contributed by atoms with Crippen LogP contribution in [0.1, 0.15) is 51.6 Å². The Kier molecular flexibility index (Phi) is 15.8. The third-order valence-electron chi connectivity index (χ3n) is 7.94. The maximum absolute atomic E-state index is 12.5. The quantitative estimate of drug-likeness (QED) is 0.104. The molecule has 2 atom stereocenters. The van der Waals surface area contributed by atoms with E-state index in [1.807, 2.05) is 36.7 Å². The average Bonchev–Trinajstić information content (AvgIpc) is 3.79. The number of alkyl halides is 1. The zero-order valence-electron chi connectivity index (χ0n) is 31.5. The number of aromatic amines is 2. The van der Waals surface area contributed by atoms with Crippen molar-refractivity contribution in [1.29, 1.82) is 0 Å². The number of methoxy groups -OCH3 is 2. The van der Waals surface area contributed by atoms with Gasteiger partial charge in [-0.15, -0.1) is 22.7 Å². The monoisotopic (exact) mass is 824 g/mol. The fourth-order valence-electron chi connectivity index (χ4n) is 4.94. The van der Waals surface area contributed by atoms with Crippen LogP contribution in [0, 0.1) is 11.8 Å². The second-order valence-electron chi connectivity index (χ2n) is 13.5. The van der Waals surface area contributed by atoms with E-state index in [1.54, 1.807) is 67.2 Å². The highest BCUT2D eigenvalue weighted by Crippen LogP contribution is 2.26. The highest BCUT2D eigenvalue weighted by atomic mass is 79.9. The second kappa shape index (κ2) is 20.0. The smallest absolute Gasteiger partial charge is 0.190 e. The van der Waals surface area contributed by atoms with Gasteiger partial charge in [-0.1, -0.05) is 43.6 Å². The number of phenolic OH excluding ortho intramolecular Hbond substituents is 1. The lowest BCUT2D eigenvalue weighted by molar-refractivity contribution is 0.0717. The summed E-state index contributed by atoms with van der Waals surface area (Å²) in [5, 5.41) is 17.8. The summed E-state index contributed by atoms with van der Waals surface area (Å²) < 4.78 is 15.8. The number of phenols is 1. The molecular formula is C40H49BrN4O6S2. The zero-order valence-corrected chi connectivity index (χ0v) is 34.7. The molecule has 0 aliphatic heterocycles. The third kappa shape index (κ3) is 12.3. The summed E-state index contributed by atoms with van der Waals surface area (Å²) in [6.45, 7) is 13.1. The molecule has 0 saturated heterocycles. The van der Waals surface area contributed by atoms with Crippen LogP contribution in [0.3, 0.4) is 0 Å². The van der Waals surface area contributed by atoms with Crippen molar-refractivity contribution in [3.63, 3.8) is 0 Å². The van der Waals surface area contributed by atoms with Gasteiger partial charge in [0.1, 0.15) is 18.1 Å². The molecule has 0 amide bonds. The van der Waals surface area contributed by atoms with E-state index in [-0.39, 0.29) is 22.7 Å². The molecule has 0 saturated carbocycles. The first-order chi connectivity index (χ1) is 25.3. The first-order valence-corrected chi connectivity index (χ1v) is 20.3. The lowest BCUT2D eigenvalue weighted by Gasteiger charge is -2.12. The van der Waals surface area contributed by atoms with Gasteiger partial charge in [0, 0.05) is 78.2 Å². The van der Waals surface area contributed by atoms with E-state index >= 15 is 0 Å². The third-order valence-corrected chi connectivity index (χ3v) is 10.6. The van der Waals surface area contributed by atoms with Crippen molar-refractivity contribution in [3.05, 3.63) is 89.8 Å². The number of hydrogen-bond donors (Lipinski definition) is 3. The number of aromatic nitrogens is 4. The SMILES string of the molecule is CC(C)Cc1nc(-c2cc(=O)c3ccc(O)cc3[nH]2)cs1.COC(C)CBr.COC(C)COc1ccc2c(=O)cc(-c3csc(CC(C)C)n3)[nH]c2c1. The Morgan fingerprint density at radius 1 is 0.717 bits per heavy atom. The highest BCUT2D eigenvalue weighted by Gasteiger charge is 2.12. The van der Waals surface area contributed by atoms with Crippen molar-refractivity contribution in [2.24, 2.45) is 11.8 Å². The second-order valence-corrected chi connectivity index (χ2v) is 16.1. The van der Waals surface area contributed by atoms with Crippen LogP contribution >= 0.6 is 38.6 Å². The molecule has 0 fully saturated rings. The number of hydrogen-bond acceptors (Lipinski definition) is 10. The van der Waals surface area contributed by atoms with Crippen LogP contribution in [0.15, 0.2) is 68.9 Å². The van der Waals surface area contributed by atoms with Crippen molar-refractivity contribution < 1.29 is 19.3 Å². The zero-order chi connectivity index (χ0) is 38.7. The molecule has 53 heavy (non-hydrogen) atoms. The minimum absolute atomic E-state index is 0.00506. The molecule has 6 rings (SSSR count). The van der Waals surface area contributed by atoms with Crippen molar-refractivity contribution in [2.75, 3.05) is 26.2 Å². The summed E-state index contributed by atoms with van der Waals surface area (Å²) in [7, 11) is 3.35. The Morgan fingerprint density at radius 3 is 1.66 bits per heavy atom. The molecule has 10 nitrogen and oxygen atoms in total. The van der Waals surface area contributed by atoms with Gasteiger partial charge in [0.25, 0.3) is 0 Å². The number of nitrogens with one attached hydrogen (secondary N) is 2. The van der Waals surface area contributed by atoms with E-state index in [1.165, 1.54) is 6.07 Å². The summed E-state index contributed by atoms with van der Waals surface area (Å²) in [6.07, 6.45) is 2.23. The van der Waals surface area contributed by atoms with Gasteiger partial charge >= 0.3 is 0 Å². The molecule has 3 N–H and O–H groups in total.